The molecule has 0 bridgehead atoms. The van der Waals surface area contributed by atoms with Crippen molar-refractivity contribution in [2.24, 2.45) is 0 Å². The molecule has 1 atom stereocenters. The SMILES string of the molecule is CS(=O)(=O)N1Cc2ccccc2C[C@@H]1C(=O)Nc1ccccc1C(=O)N1CCCCC1. The molecule has 0 spiro atoms. The third kappa shape index (κ3) is 4.65. The van der Waals surface area contributed by atoms with Gasteiger partial charge in [-0.2, -0.15) is 4.31 Å². The van der Waals surface area contributed by atoms with Crippen molar-refractivity contribution in [1.82, 2.24) is 9.21 Å². The Morgan fingerprint density at radius 2 is 1.58 bits per heavy atom. The number of benzene rings is 2. The Labute approximate surface area is 183 Å². The Bertz CT molecular complexity index is 1090. The van der Waals surface area contributed by atoms with Crippen LogP contribution in [0.25, 0.3) is 0 Å². The van der Waals surface area contributed by atoms with Gasteiger partial charge in [0.15, 0.2) is 0 Å². The quantitative estimate of drug-likeness (QED) is 0.790. The molecule has 0 aromatic heterocycles. The van der Waals surface area contributed by atoms with Crippen LogP contribution in [0.1, 0.15) is 40.7 Å². The number of nitrogens with one attached hydrogen (secondary N) is 1. The topological polar surface area (TPSA) is 86.8 Å². The Hall–Kier alpha value is -2.71. The zero-order valence-electron chi connectivity index (χ0n) is 17.6. The van der Waals surface area contributed by atoms with Crippen LogP contribution in [0.3, 0.4) is 0 Å². The van der Waals surface area contributed by atoms with Crippen LogP contribution in [-0.2, 0) is 27.8 Å². The first-order valence-electron chi connectivity index (χ1n) is 10.6. The lowest BCUT2D eigenvalue weighted by atomic mass is 9.95. The summed E-state index contributed by atoms with van der Waals surface area (Å²) in [7, 11) is -3.60. The number of para-hydroxylation sites is 1. The van der Waals surface area contributed by atoms with Gasteiger partial charge in [0.25, 0.3) is 5.91 Å². The fourth-order valence-corrected chi connectivity index (χ4v) is 5.34. The fraction of sp³-hybridized carbons (Fsp3) is 0.391. The van der Waals surface area contributed by atoms with Crippen molar-refractivity contribution in [2.75, 3.05) is 24.7 Å². The lowest BCUT2D eigenvalue weighted by Crippen LogP contribution is -2.50. The zero-order valence-corrected chi connectivity index (χ0v) is 18.4. The molecule has 0 unspecified atom stereocenters. The van der Waals surface area contributed by atoms with Crippen molar-refractivity contribution >= 4 is 27.5 Å². The van der Waals surface area contributed by atoms with E-state index >= 15 is 0 Å². The number of fused-ring (bicyclic) bond motifs is 1. The van der Waals surface area contributed by atoms with Crippen LogP contribution in [0.5, 0.6) is 0 Å². The normalized spacial score (nSPS) is 19.5. The summed E-state index contributed by atoms with van der Waals surface area (Å²) in [5, 5.41) is 2.84. The molecule has 31 heavy (non-hydrogen) atoms. The van der Waals surface area contributed by atoms with Gasteiger partial charge in [-0.3, -0.25) is 9.59 Å². The molecule has 164 valence electrons. The Morgan fingerprint density at radius 3 is 2.29 bits per heavy atom. The molecule has 2 heterocycles. The van der Waals surface area contributed by atoms with Gasteiger partial charge in [0.05, 0.1) is 17.5 Å². The number of hydrogen-bond donors (Lipinski definition) is 1. The van der Waals surface area contributed by atoms with Gasteiger partial charge >= 0.3 is 0 Å². The average molecular weight is 442 g/mol. The molecule has 0 saturated carbocycles. The van der Waals surface area contributed by atoms with Crippen LogP contribution in [0, 0.1) is 0 Å². The van der Waals surface area contributed by atoms with E-state index in [1.807, 2.05) is 29.2 Å². The number of nitrogens with zero attached hydrogens (tertiary/aromatic N) is 2. The predicted octanol–water partition coefficient (Wildman–Crippen LogP) is 2.64. The number of hydrogen-bond acceptors (Lipinski definition) is 4. The van der Waals surface area contributed by atoms with Crippen LogP contribution < -0.4 is 5.32 Å². The Balaban J connectivity index is 1.60. The molecule has 1 saturated heterocycles. The summed E-state index contributed by atoms with van der Waals surface area (Å²) in [6, 6.07) is 13.6. The molecule has 7 nitrogen and oxygen atoms in total. The molecular weight excluding hydrogens is 414 g/mol. The largest absolute Gasteiger partial charge is 0.339 e. The maximum atomic E-state index is 13.2. The van der Waals surface area contributed by atoms with E-state index in [0.717, 1.165) is 36.6 Å². The third-order valence-electron chi connectivity index (χ3n) is 5.99. The second kappa shape index (κ2) is 8.80. The molecule has 1 N–H and O–H groups in total. The Kier molecular flexibility index (Phi) is 6.11. The van der Waals surface area contributed by atoms with Gasteiger partial charge in [0.1, 0.15) is 6.04 Å². The molecule has 2 aliphatic heterocycles. The molecule has 2 amide bonds. The summed E-state index contributed by atoms with van der Waals surface area (Å²) >= 11 is 0. The summed E-state index contributed by atoms with van der Waals surface area (Å²) in [4.78, 5) is 28.1. The van der Waals surface area contributed by atoms with Gasteiger partial charge in [-0.05, 0) is 48.9 Å². The predicted molar refractivity (Wildman–Crippen MR) is 119 cm³/mol. The van der Waals surface area contributed by atoms with E-state index < -0.39 is 22.0 Å². The van der Waals surface area contributed by atoms with Crippen molar-refractivity contribution in [1.29, 1.82) is 0 Å². The molecule has 4 rings (SSSR count). The van der Waals surface area contributed by atoms with Crippen LogP contribution in [-0.4, -0.2) is 54.8 Å². The van der Waals surface area contributed by atoms with Crippen molar-refractivity contribution in [3.8, 4) is 0 Å². The summed E-state index contributed by atoms with van der Waals surface area (Å²) in [6.07, 6.45) is 4.48. The highest BCUT2D eigenvalue weighted by molar-refractivity contribution is 7.88. The molecule has 0 radical (unpaired) electrons. The lowest BCUT2D eigenvalue weighted by Gasteiger charge is -2.34. The van der Waals surface area contributed by atoms with Crippen molar-refractivity contribution < 1.29 is 18.0 Å². The smallest absolute Gasteiger partial charge is 0.255 e. The van der Waals surface area contributed by atoms with E-state index in [9.17, 15) is 18.0 Å². The second-order valence-electron chi connectivity index (χ2n) is 8.18. The Morgan fingerprint density at radius 1 is 0.935 bits per heavy atom. The molecule has 8 heteroatoms. The number of anilines is 1. The minimum absolute atomic E-state index is 0.107. The number of carbonyl (C=O) groups excluding carboxylic acids is 2. The highest BCUT2D eigenvalue weighted by Gasteiger charge is 2.37. The summed E-state index contributed by atoms with van der Waals surface area (Å²) in [5.74, 6) is -0.539. The van der Waals surface area contributed by atoms with Gasteiger partial charge in [-0.1, -0.05) is 36.4 Å². The first-order chi connectivity index (χ1) is 14.8. The number of piperidine rings is 1. The third-order valence-corrected chi connectivity index (χ3v) is 7.23. The second-order valence-corrected chi connectivity index (χ2v) is 10.1. The highest BCUT2D eigenvalue weighted by atomic mass is 32.2. The maximum Gasteiger partial charge on any atom is 0.255 e. The van der Waals surface area contributed by atoms with E-state index in [4.69, 9.17) is 0 Å². The minimum atomic E-state index is -3.60. The van der Waals surface area contributed by atoms with E-state index in [-0.39, 0.29) is 18.9 Å². The molecule has 0 aliphatic carbocycles. The minimum Gasteiger partial charge on any atom is -0.339 e. The first-order valence-corrected chi connectivity index (χ1v) is 12.4. The van der Waals surface area contributed by atoms with E-state index in [2.05, 4.69) is 5.32 Å². The molecule has 1 fully saturated rings. The maximum absolute atomic E-state index is 13.2. The number of sulfonamides is 1. The van der Waals surface area contributed by atoms with Gasteiger partial charge in [0.2, 0.25) is 15.9 Å². The van der Waals surface area contributed by atoms with Crippen molar-refractivity contribution in [2.45, 2.75) is 38.3 Å². The molecule has 2 aliphatic rings. The monoisotopic (exact) mass is 441 g/mol. The van der Waals surface area contributed by atoms with Crippen LogP contribution in [0.15, 0.2) is 48.5 Å². The molecule has 2 aromatic carbocycles. The number of carbonyl (C=O) groups is 2. The van der Waals surface area contributed by atoms with Crippen LogP contribution >= 0.6 is 0 Å². The van der Waals surface area contributed by atoms with Crippen LogP contribution in [0.4, 0.5) is 5.69 Å². The number of amides is 2. The number of rotatable bonds is 4. The standard InChI is InChI=1S/C23H27N3O4S/c1-31(29,30)26-16-18-10-4-3-9-17(18)15-21(26)22(27)24-20-12-6-5-11-19(20)23(28)25-13-7-2-8-14-25/h3-6,9-12,21H,2,7-8,13-16H2,1H3,(H,24,27)/t21-/m1/s1. The van der Waals surface area contributed by atoms with E-state index in [1.165, 1.54) is 4.31 Å². The highest BCUT2D eigenvalue weighted by Crippen LogP contribution is 2.27. The zero-order chi connectivity index (χ0) is 22.0. The molecular formula is C23H27N3O4S. The summed E-state index contributed by atoms with van der Waals surface area (Å²) in [5.41, 5.74) is 2.70. The van der Waals surface area contributed by atoms with Gasteiger partial charge in [0, 0.05) is 19.6 Å². The summed E-state index contributed by atoms with van der Waals surface area (Å²) in [6.45, 7) is 1.58. The van der Waals surface area contributed by atoms with Gasteiger partial charge in [-0.25, -0.2) is 8.42 Å². The fourth-order valence-electron chi connectivity index (χ4n) is 4.33. The van der Waals surface area contributed by atoms with E-state index in [1.54, 1.807) is 24.3 Å². The average Bonchev–Trinajstić information content (AvgIpc) is 2.78. The van der Waals surface area contributed by atoms with Crippen molar-refractivity contribution in [3.63, 3.8) is 0 Å². The first kappa shape index (κ1) is 21.5. The number of likely N-dealkylation sites (tertiary alicyclic amines) is 1. The molecule has 2 aromatic rings. The summed E-state index contributed by atoms with van der Waals surface area (Å²) < 4.78 is 26.1. The van der Waals surface area contributed by atoms with Gasteiger partial charge < -0.3 is 10.2 Å². The lowest BCUT2D eigenvalue weighted by molar-refractivity contribution is -0.120. The van der Waals surface area contributed by atoms with Crippen molar-refractivity contribution in [3.05, 3.63) is 65.2 Å². The van der Waals surface area contributed by atoms with E-state index in [0.29, 0.717) is 24.3 Å². The van der Waals surface area contributed by atoms with Gasteiger partial charge in [-0.15, -0.1) is 0 Å². The van der Waals surface area contributed by atoms with Crippen LogP contribution in [0.2, 0.25) is 0 Å².